The third-order valence-electron chi connectivity index (χ3n) is 10.2. The second-order valence-corrected chi connectivity index (χ2v) is 13.2. The predicted molar refractivity (Wildman–Crippen MR) is 218 cm³/mol. The number of rotatable bonds is 6. The molecule has 3 heteroatoms. The average Bonchev–Trinajstić information content (AvgIpc) is 3.22. The van der Waals surface area contributed by atoms with E-state index < -0.39 is 0 Å². The fourth-order valence-electron chi connectivity index (χ4n) is 7.78. The van der Waals surface area contributed by atoms with Crippen LogP contribution in [-0.4, -0.2) is 4.98 Å². The molecule has 0 aliphatic carbocycles. The third-order valence-corrected chi connectivity index (χ3v) is 10.2. The number of anilines is 6. The van der Waals surface area contributed by atoms with E-state index in [9.17, 15) is 0 Å². The molecular weight excluding hydrogens is 631 g/mol. The molecule has 0 spiro atoms. The van der Waals surface area contributed by atoms with Gasteiger partial charge in [-0.1, -0.05) is 133 Å². The topological polar surface area (TPSA) is 19.4 Å². The van der Waals surface area contributed by atoms with Gasteiger partial charge in [-0.2, -0.15) is 0 Å². The summed E-state index contributed by atoms with van der Waals surface area (Å²) in [7, 11) is 0. The lowest BCUT2D eigenvalue weighted by Gasteiger charge is -2.34. The van der Waals surface area contributed by atoms with E-state index in [1.54, 1.807) is 0 Å². The molecule has 0 amide bonds. The first kappa shape index (κ1) is 29.9. The molecule has 0 bridgehead atoms. The number of aromatic nitrogens is 1. The maximum Gasteiger partial charge on any atom is 0.0703 e. The first-order chi connectivity index (χ1) is 25.8. The molecule has 2 heterocycles. The lowest BCUT2D eigenvalue weighted by atomic mass is 9.87. The Labute approximate surface area is 303 Å². The van der Waals surface area contributed by atoms with E-state index in [1.165, 1.54) is 55.2 Å². The largest absolute Gasteiger partial charge is 0.309 e. The number of fused-ring (bicyclic) bond motifs is 4. The molecule has 0 saturated carbocycles. The smallest absolute Gasteiger partial charge is 0.0703 e. The van der Waals surface area contributed by atoms with Gasteiger partial charge in [-0.15, -0.1) is 0 Å². The van der Waals surface area contributed by atoms with Gasteiger partial charge in [0.1, 0.15) is 0 Å². The van der Waals surface area contributed by atoms with Gasteiger partial charge in [0.2, 0.25) is 0 Å². The Kier molecular flexibility index (Phi) is 7.14. The van der Waals surface area contributed by atoms with Crippen molar-refractivity contribution in [3.63, 3.8) is 0 Å². The second-order valence-electron chi connectivity index (χ2n) is 13.2. The van der Waals surface area contributed by atoms with Crippen LogP contribution in [0.4, 0.5) is 34.1 Å². The zero-order valence-electron chi connectivity index (χ0n) is 28.4. The third kappa shape index (κ3) is 5.02. The van der Waals surface area contributed by atoms with E-state index in [4.69, 9.17) is 4.98 Å². The SMILES string of the molecule is c1ccc(-c2ccc(N(c3ccc(N4c5ccc6ccccc6c5-c5cccc6cccc4c56)cc3)c3ccc(-c4ccccc4)nc3)cc2)cc1. The van der Waals surface area contributed by atoms with Crippen molar-refractivity contribution in [1.82, 2.24) is 4.98 Å². The Morgan fingerprint density at radius 3 is 1.75 bits per heavy atom. The molecule has 1 aliphatic rings. The summed E-state index contributed by atoms with van der Waals surface area (Å²) in [5, 5.41) is 5.03. The monoisotopic (exact) mass is 663 g/mol. The fourth-order valence-corrected chi connectivity index (χ4v) is 7.78. The van der Waals surface area contributed by atoms with Crippen LogP contribution < -0.4 is 9.80 Å². The van der Waals surface area contributed by atoms with Crippen molar-refractivity contribution in [2.24, 2.45) is 0 Å². The molecule has 3 nitrogen and oxygen atoms in total. The molecule has 0 atom stereocenters. The zero-order valence-corrected chi connectivity index (χ0v) is 28.4. The van der Waals surface area contributed by atoms with Crippen LogP contribution in [0.3, 0.4) is 0 Å². The summed E-state index contributed by atoms with van der Waals surface area (Å²) < 4.78 is 0. The van der Waals surface area contributed by atoms with E-state index in [-0.39, 0.29) is 0 Å². The normalized spacial score (nSPS) is 11.8. The highest BCUT2D eigenvalue weighted by Crippen LogP contribution is 2.53. The van der Waals surface area contributed by atoms with Gasteiger partial charge in [0, 0.05) is 33.6 Å². The summed E-state index contributed by atoms with van der Waals surface area (Å²) in [6, 6.07) is 69.4. The minimum absolute atomic E-state index is 0.949. The average molecular weight is 664 g/mol. The summed E-state index contributed by atoms with van der Waals surface area (Å²) in [5.41, 5.74) is 13.6. The van der Waals surface area contributed by atoms with Crippen LogP contribution in [0, 0.1) is 0 Å². The van der Waals surface area contributed by atoms with Crippen LogP contribution in [-0.2, 0) is 0 Å². The Hall–Kier alpha value is -6.97. The van der Waals surface area contributed by atoms with Crippen molar-refractivity contribution in [2.75, 3.05) is 9.80 Å². The molecule has 0 radical (unpaired) electrons. The van der Waals surface area contributed by atoms with E-state index in [1.807, 2.05) is 12.3 Å². The summed E-state index contributed by atoms with van der Waals surface area (Å²) in [4.78, 5) is 9.63. The van der Waals surface area contributed by atoms with E-state index in [0.29, 0.717) is 0 Å². The van der Waals surface area contributed by atoms with Gasteiger partial charge in [0.15, 0.2) is 0 Å². The Morgan fingerprint density at radius 2 is 1.02 bits per heavy atom. The van der Waals surface area contributed by atoms with Crippen molar-refractivity contribution in [2.45, 2.75) is 0 Å². The van der Waals surface area contributed by atoms with Gasteiger partial charge in [-0.3, -0.25) is 4.98 Å². The minimum Gasteiger partial charge on any atom is -0.309 e. The van der Waals surface area contributed by atoms with Crippen LogP contribution in [0.2, 0.25) is 0 Å². The van der Waals surface area contributed by atoms with Crippen molar-refractivity contribution < 1.29 is 0 Å². The van der Waals surface area contributed by atoms with E-state index >= 15 is 0 Å². The van der Waals surface area contributed by atoms with Gasteiger partial charge in [-0.05, 0) is 93.5 Å². The Morgan fingerprint density at radius 1 is 0.404 bits per heavy atom. The van der Waals surface area contributed by atoms with Crippen molar-refractivity contribution in [3.8, 4) is 33.5 Å². The van der Waals surface area contributed by atoms with Crippen molar-refractivity contribution in [1.29, 1.82) is 0 Å². The van der Waals surface area contributed by atoms with Crippen LogP contribution in [0.25, 0.3) is 55.1 Å². The first-order valence-electron chi connectivity index (χ1n) is 17.7. The van der Waals surface area contributed by atoms with Gasteiger partial charge in [0.05, 0.1) is 29.0 Å². The van der Waals surface area contributed by atoms with Gasteiger partial charge in [-0.25, -0.2) is 0 Å². The number of pyridine rings is 1. The van der Waals surface area contributed by atoms with Crippen LogP contribution in [0.5, 0.6) is 0 Å². The molecule has 1 aliphatic heterocycles. The summed E-state index contributed by atoms with van der Waals surface area (Å²) >= 11 is 0. The number of nitrogens with zero attached hydrogens (tertiary/aromatic N) is 3. The molecular formula is C49H33N3. The molecule has 8 aromatic carbocycles. The maximum atomic E-state index is 4.92. The number of hydrogen-bond donors (Lipinski definition) is 0. The fraction of sp³-hybridized carbons (Fsp3) is 0. The molecule has 1 aromatic heterocycles. The van der Waals surface area contributed by atoms with Gasteiger partial charge < -0.3 is 9.80 Å². The minimum atomic E-state index is 0.949. The van der Waals surface area contributed by atoms with E-state index in [2.05, 4.69) is 198 Å². The summed E-state index contributed by atoms with van der Waals surface area (Å²) in [6.45, 7) is 0. The number of benzene rings is 8. The lowest BCUT2D eigenvalue weighted by molar-refractivity contribution is 1.22. The Bertz CT molecular complexity index is 2610. The highest BCUT2D eigenvalue weighted by molar-refractivity contribution is 6.19. The second kappa shape index (κ2) is 12.4. The predicted octanol–water partition coefficient (Wildman–Crippen LogP) is 13.6. The van der Waals surface area contributed by atoms with Crippen LogP contribution >= 0.6 is 0 Å². The molecule has 9 aromatic rings. The summed E-state index contributed by atoms with van der Waals surface area (Å²) in [5.74, 6) is 0. The maximum absolute atomic E-state index is 4.92. The number of hydrogen-bond acceptors (Lipinski definition) is 3. The molecule has 10 rings (SSSR count). The molecule has 244 valence electrons. The molecule has 0 saturated heterocycles. The highest BCUT2D eigenvalue weighted by atomic mass is 15.2. The van der Waals surface area contributed by atoms with E-state index in [0.717, 1.165) is 34.0 Å². The Balaban J connectivity index is 1.10. The quantitative estimate of drug-likeness (QED) is 0.176. The summed E-state index contributed by atoms with van der Waals surface area (Å²) in [6.07, 6.45) is 1.98. The molecule has 0 fully saturated rings. The zero-order chi connectivity index (χ0) is 34.4. The van der Waals surface area contributed by atoms with Gasteiger partial charge in [0.25, 0.3) is 0 Å². The lowest BCUT2D eigenvalue weighted by Crippen LogP contribution is -2.16. The van der Waals surface area contributed by atoms with Crippen LogP contribution in [0.15, 0.2) is 200 Å². The van der Waals surface area contributed by atoms with Crippen LogP contribution in [0.1, 0.15) is 0 Å². The first-order valence-corrected chi connectivity index (χ1v) is 17.7. The van der Waals surface area contributed by atoms with Crippen molar-refractivity contribution in [3.05, 3.63) is 200 Å². The molecule has 0 N–H and O–H groups in total. The molecule has 0 unspecified atom stereocenters. The van der Waals surface area contributed by atoms with Gasteiger partial charge >= 0.3 is 0 Å². The van der Waals surface area contributed by atoms with Crippen molar-refractivity contribution >= 4 is 55.7 Å². The molecule has 52 heavy (non-hydrogen) atoms. The standard InChI is InChI=1S/C49H33N3/c1-3-11-34(12-4-1)35-21-24-39(25-22-35)51(42-30-31-45(50-33-42)37-14-5-2-6-15-37)40-26-28-41(29-27-40)52-46-20-10-17-38-16-9-19-44(48(38)46)49-43-18-8-7-13-36(43)23-32-47(49)52/h1-33H. The highest BCUT2D eigenvalue weighted by Gasteiger charge is 2.27.